The van der Waals surface area contributed by atoms with Gasteiger partial charge < -0.3 is 14.7 Å². The lowest BCUT2D eigenvalue weighted by molar-refractivity contribution is -0.142. The van der Waals surface area contributed by atoms with E-state index in [1.54, 1.807) is 4.90 Å². The van der Waals surface area contributed by atoms with E-state index in [0.29, 0.717) is 24.4 Å². The number of likely N-dealkylation sites (tertiary alicyclic amines) is 1. The third-order valence-corrected chi connectivity index (χ3v) is 6.07. The highest BCUT2D eigenvalue weighted by molar-refractivity contribution is 7.17. The number of para-hydroxylation sites is 1. The second kappa shape index (κ2) is 5.63. The van der Waals surface area contributed by atoms with Gasteiger partial charge in [0, 0.05) is 28.6 Å². The molecule has 3 heterocycles. The minimum absolute atomic E-state index is 0.0804. The topological polar surface area (TPSA) is 66.8 Å². The van der Waals surface area contributed by atoms with Gasteiger partial charge in [-0.05, 0) is 31.5 Å². The van der Waals surface area contributed by atoms with E-state index in [0.717, 1.165) is 21.8 Å². The number of aliphatic carboxylic acids is 1. The van der Waals surface area contributed by atoms with E-state index in [-0.39, 0.29) is 11.9 Å². The Morgan fingerprint density at radius 1 is 1.33 bits per heavy atom. The molecule has 2 aliphatic rings. The molecule has 0 radical (unpaired) electrons. The van der Waals surface area contributed by atoms with Gasteiger partial charge in [-0.2, -0.15) is 0 Å². The Labute approximate surface area is 143 Å². The van der Waals surface area contributed by atoms with Crippen LogP contribution in [0, 0.1) is 5.92 Å². The summed E-state index contributed by atoms with van der Waals surface area (Å²) in [6.07, 6.45) is 0.513. The molecule has 2 atom stereocenters. The quantitative estimate of drug-likeness (QED) is 0.909. The number of benzene rings is 1. The van der Waals surface area contributed by atoms with Gasteiger partial charge in [-0.25, -0.2) is 0 Å². The molecule has 124 valence electrons. The third-order valence-electron chi connectivity index (χ3n) is 4.87. The summed E-state index contributed by atoms with van der Waals surface area (Å²) < 4.78 is 5.74. The molecule has 1 amide bonds. The second-order valence-electron chi connectivity index (χ2n) is 6.22. The molecule has 5 nitrogen and oxygen atoms in total. The Balaban J connectivity index is 1.64. The fourth-order valence-electron chi connectivity index (χ4n) is 3.50. The van der Waals surface area contributed by atoms with Crippen LogP contribution in [-0.4, -0.2) is 34.5 Å². The molecule has 2 unspecified atom stereocenters. The van der Waals surface area contributed by atoms with Gasteiger partial charge in [0.05, 0.1) is 10.8 Å². The summed E-state index contributed by atoms with van der Waals surface area (Å²) in [4.78, 5) is 27.5. The van der Waals surface area contributed by atoms with Gasteiger partial charge in [0.15, 0.2) is 0 Å². The van der Waals surface area contributed by atoms with Crippen LogP contribution in [0.3, 0.4) is 0 Å². The molecular formula is C18H17NO4S. The van der Waals surface area contributed by atoms with Gasteiger partial charge in [-0.1, -0.05) is 12.1 Å². The van der Waals surface area contributed by atoms with Crippen LogP contribution >= 0.6 is 11.3 Å². The van der Waals surface area contributed by atoms with Crippen molar-refractivity contribution in [3.63, 3.8) is 0 Å². The van der Waals surface area contributed by atoms with Gasteiger partial charge in [-0.3, -0.25) is 9.59 Å². The number of hydrogen-bond donors (Lipinski definition) is 1. The normalized spacial score (nSPS) is 21.8. The van der Waals surface area contributed by atoms with Crippen molar-refractivity contribution in [1.82, 2.24) is 4.90 Å². The summed E-state index contributed by atoms with van der Waals surface area (Å²) in [5.41, 5.74) is 2.03. The van der Waals surface area contributed by atoms with Crippen molar-refractivity contribution in [2.45, 2.75) is 26.0 Å². The van der Waals surface area contributed by atoms with E-state index in [1.807, 2.05) is 37.3 Å². The smallest absolute Gasteiger partial charge is 0.308 e. The highest BCUT2D eigenvalue weighted by atomic mass is 32.1. The predicted octanol–water partition coefficient (Wildman–Crippen LogP) is 3.24. The average molecular weight is 343 g/mol. The third kappa shape index (κ3) is 2.29. The number of thiophene rings is 1. The minimum atomic E-state index is -0.828. The maximum Gasteiger partial charge on any atom is 0.308 e. The van der Waals surface area contributed by atoms with E-state index in [4.69, 9.17) is 4.74 Å². The molecule has 1 fully saturated rings. The molecule has 1 N–H and O–H groups in total. The number of ether oxygens (including phenoxy) is 1. The summed E-state index contributed by atoms with van der Waals surface area (Å²) in [6.45, 7) is 2.77. The van der Waals surface area contributed by atoms with E-state index < -0.39 is 11.9 Å². The zero-order chi connectivity index (χ0) is 16.8. The molecule has 2 aliphatic heterocycles. The first kappa shape index (κ1) is 15.2. The standard InChI is InChI=1S/C18H17NO4S/c1-10-12(18(21)22)6-7-19(10)17(20)15-8-11-9-23-14-5-3-2-4-13(14)16(11)24-15/h2-5,8,10,12H,6-7,9H2,1H3,(H,21,22). The van der Waals surface area contributed by atoms with Crippen LogP contribution in [0.4, 0.5) is 0 Å². The van der Waals surface area contributed by atoms with Crippen molar-refractivity contribution in [2.75, 3.05) is 6.54 Å². The second-order valence-corrected chi connectivity index (χ2v) is 7.27. The van der Waals surface area contributed by atoms with Crippen molar-refractivity contribution in [3.05, 3.63) is 40.8 Å². The molecular weight excluding hydrogens is 326 g/mol. The number of amides is 1. The lowest BCUT2D eigenvalue weighted by Gasteiger charge is -2.22. The first-order chi connectivity index (χ1) is 11.6. The Hall–Kier alpha value is -2.34. The first-order valence-corrected chi connectivity index (χ1v) is 8.76. The Bertz CT molecular complexity index is 828. The number of fused-ring (bicyclic) bond motifs is 3. The number of carbonyl (C=O) groups excluding carboxylic acids is 1. The van der Waals surface area contributed by atoms with Gasteiger partial charge >= 0.3 is 5.97 Å². The maximum absolute atomic E-state index is 12.9. The Kier molecular flexibility index (Phi) is 3.57. The molecule has 6 heteroatoms. The fourth-order valence-corrected chi connectivity index (χ4v) is 4.66. The molecule has 0 saturated carbocycles. The van der Waals surface area contributed by atoms with Crippen molar-refractivity contribution in [3.8, 4) is 16.2 Å². The molecule has 1 saturated heterocycles. The van der Waals surface area contributed by atoms with Crippen molar-refractivity contribution >= 4 is 23.2 Å². The number of nitrogens with zero attached hydrogens (tertiary/aromatic N) is 1. The largest absolute Gasteiger partial charge is 0.488 e. The summed E-state index contributed by atoms with van der Waals surface area (Å²) in [5.74, 6) is -0.548. The summed E-state index contributed by atoms with van der Waals surface area (Å²) in [6, 6.07) is 9.42. The van der Waals surface area contributed by atoms with Crippen LogP contribution in [0.5, 0.6) is 5.75 Å². The zero-order valence-corrected chi connectivity index (χ0v) is 14.0. The van der Waals surface area contributed by atoms with Crippen LogP contribution in [-0.2, 0) is 11.4 Å². The molecule has 1 aromatic heterocycles. The van der Waals surface area contributed by atoms with Crippen LogP contribution in [0.2, 0.25) is 0 Å². The lowest BCUT2D eigenvalue weighted by Crippen LogP contribution is -2.37. The highest BCUT2D eigenvalue weighted by Gasteiger charge is 2.39. The molecule has 1 aromatic carbocycles. The number of carboxylic acid groups (broad SMARTS) is 1. The van der Waals surface area contributed by atoms with E-state index in [9.17, 15) is 14.7 Å². The van der Waals surface area contributed by atoms with Crippen LogP contribution in [0.15, 0.2) is 30.3 Å². The van der Waals surface area contributed by atoms with Crippen molar-refractivity contribution in [1.29, 1.82) is 0 Å². The Morgan fingerprint density at radius 3 is 2.88 bits per heavy atom. The van der Waals surface area contributed by atoms with E-state index in [1.165, 1.54) is 11.3 Å². The SMILES string of the molecule is CC1C(C(=O)O)CCN1C(=O)c1cc2c(s1)-c1ccccc1OC2. The monoisotopic (exact) mass is 343 g/mol. The molecule has 0 spiro atoms. The summed E-state index contributed by atoms with van der Waals surface area (Å²) >= 11 is 1.47. The number of carbonyl (C=O) groups is 2. The fraction of sp³-hybridized carbons (Fsp3) is 0.333. The predicted molar refractivity (Wildman–Crippen MR) is 90.3 cm³/mol. The number of hydrogen-bond acceptors (Lipinski definition) is 4. The molecule has 24 heavy (non-hydrogen) atoms. The van der Waals surface area contributed by atoms with Gasteiger partial charge in [0.2, 0.25) is 0 Å². The Morgan fingerprint density at radius 2 is 2.12 bits per heavy atom. The van der Waals surface area contributed by atoms with Crippen LogP contribution < -0.4 is 4.74 Å². The lowest BCUT2D eigenvalue weighted by atomic mass is 10.0. The van der Waals surface area contributed by atoms with Crippen LogP contribution in [0.1, 0.15) is 28.6 Å². The molecule has 4 rings (SSSR count). The zero-order valence-electron chi connectivity index (χ0n) is 13.2. The highest BCUT2D eigenvalue weighted by Crippen LogP contribution is 2.43. The van der Waals surface area contributed by atoms with E-state index >= 15 is 0 Å². The maximum atomic E-state index is 12.9. The van der Waals surface area contributed by atoms with Crippen molar-refractivity contribution < 1.29 is 19.4 Å². The number of carboxylic acids is 1. The van der Waals surface area contributed by atoms with E-state index in [2.05, 4.69) is 0 Å². The van der Waals surface area contributed by atoms with Gasteiger partial charge in [0.25, 0.3) is 5.91 Å². The first-order valence-electron chi connectivity index (χ1n) is 7.95. The van der Waals surface area contributed by atoms with Crippen LogP contribution in [0.25, 0.3) is 10.4 Å². The summed E-state index contributed by atoms with van der Waals surface area (Å²) in [5, 5.41) is 9.24. The van der Waals surface area contributed by atoms with Gasteiger partial charge in [-0.15, -0.1) is 11.3 Å². The molecule has 0 aliphatic carbocycles. The number of rotatable bonds is 2. The average Bonchev–Trinajstić information content (AvgIpc) is 3.18. The molecule has 2 aromatic rings. The minimum Gasteiger partial charge on any atom is -0.488 e. The van der Waals surface area contributed by atoms with Gasteiger partial charge in [0.1, 0.15) is 12.4 Å². The molecule has 0 bridgehead atoms. The van der Waals surface area contributed by atoms with Crippen molar-refractivity contribution in [2.24, 2.45) is 5.92 Å². The summed E-state index contributed by atoms with van der Waals surface area (Å²) in [7, 11) is 0.